The van der Waals surface area contributed by atoms with Crippen molar-refractivity contribution in [1.82, 2.24) is 5.32 Å². The Morgan fingerprint density at radius 1 is 1.41 bits per heavy atom. The maximum Gasteiger partial charge on any atom is 0.330 e. The molecule has 0 amide bonds. The Bertz CT molecular complexity index is 384. The van der Waals surface area contributed by atoms with Gasteiger partial charge in [-0.05, 0) is 25.8 Å². The SMILES string of the molecule is C/C(=C/CNC(C)Cc1ccccc1)C(=O)O. The van der Waals surface area contributed by atoms with Gasteiger partial charge in [-0.15, -0.1) is 0 Å². The normalized spacial score (nSPS) is 13.4. The van der Waals surface area contributed by atoms with Crippen molar-refractivity contribution in [2.24, 2.45) is 0 Å². The Labute approximate surface area is 102 Å². The van der Waals surface area contributed by atoms with E-state index in [1.165, 1.54) is 5.56 Å². The van der Waals surface area contributed by atoms with Gasteiger partial charge in [0.15, 0.2) is 0 Å². The summed E-state index contributed by atoms with van der Waals surface area (Å²) in [5, 5.41) is 12.0. The molecule has 3 heteroatoms. The highest BCUT2D eigenvalue weighted by atomic mass is 16.4. The van der Waals surface area contributed by atoms with E-state index in [9.17, 15) is 4.79 Å². The quantitative estimate of drug-likeness (QED) is 0.741. The van der Waals surface area contributed by atoms with Gasteiger partial charge in [-0.3, -0.25) is 0 Å². The van der Waals surface area contributed by atoms with E-state index in [1.807, 2.05) is 18.2 Å². The van der Waals surface area contributed by atoms with Crippen molar-refractivity contribution in [2.45, 2.75) is 26.3 Å². The number of benzene rings is 1. The molecule has 2 N–H and O–H groups in total. The van der Waals surface area contributed by atoms with Crippen LogP contribution in [0.1, 0.15) is 19.4 Å². The molecule has 1 rings (SSSR count). The van der Waals surface area contributed by atoms with Crippen LogP contribution in [0, 0.1) is 0 Å². The number of hydrogen-bond acceptors (Lipinski definition) is 2. The van der Waals surface area contributed by atoms with Crippen LogP contribution in [0.2, 0.25) is 0 Å². The number of rotatable bonds is 6. The molecule has 0 aliphatic heterocycles. The van der Waals surface area contributed by atoms with E-state index in [-0.39, 0.29) is 0 Å². The molecular formula is C14H19NO2. The van der Waals surface area contributed by atoms with E-state index < -0.39 is 5.97 Å². The first-order valence-corrected chi connectivity index (χ1v) is 5.77. The van der Waals surface area contributed by atoms with E-state index in [0.29, 0.717) is 18.2 Å². The summed E-state index contributed by atoms with van der Waals surface area (Å²) >= 11 is 0. The summed E-state index contributed by atoms with van der Waals surface area (Å²) in [6.45, 7) is 4.29. The molecule has 0 saturated carbocycles. The Hall–Kier alpha value is -1.61. The molecule has 0 fully saturated rings. The maximum atomic E-state index is 10.6. The molecule has 0 heterocycles. The lowest BCUT2D eigenvalue weighted by atomic mass is 10.1. The summed E-state index contributed by atoms with van der Waals surface area (Å²) < 4.78 is 0. The second-order valence-electron chi connectivity index (χ2n) is 4.19. The summed E-state index contributed by atoms with van der Waals surface area (Å²) in [5.41, 5.74) is 1.66. The molecular weight excluding hydrogens is 214 g/mol. The molecule has 0 aromatic heterocycles. The number of carboxylic acid groups (broad SMARTS) is 1. The van der Waals surface area contributed by atoms with Gasteiger partial charge >= 0.3 is 5.97 Å². The fraction of sp³-hybridized carbons (Fsp3) is 0.357. The van der Waals surface area contributed by atoms with Crippen LogP contribution in [-0.2, 0) is 11.2 Å². The van der Waals surface area contributed by atoms with Crippen molar-refractivity contribution in [3.05, 3.63) is 47.5 Å². The Morgan fingerprint density at radius 3 is 2.65 bits per heavy atom. The average molecular weight is 233 g/mol. The molecule has 0 radical (unpaired) electrons. The van der Waals surface area contributed by atoms with Gasteiger partial charge in [0.05, 0.1) is 0 Å². The van der Waals surface area contributed by atoms with Gasteiger partial charge < -0.3 is 10.4 Å². The van der Waals surface area contributed by atoms with Crippen LogP contribution in [0.15, 0.2) is 42.0 Å². The second-order valence-corrected chi connectivity index (χ2v) is 4.19. The molecule has 1 aromatic rings. The lowest BCUT2D eigenvalue weighted by Crippen LogP contribution is -2.28. The zero-order valence-electron chi connectivity index (χ0n) is 10.3. The first kappa shape index (κ1) is 13.5. The van der Waals surface area contributed by atoms with Gasteiger partial charge in [-0.25, -0.2) is 4.79 Å². The molecule has 1 unspecified atom stereocenters. The smallest absolute Gasteiger partial charge is 0.330 e. The molecule has 0 aliphatic rings. The highest BCUT2D eigenvalue weighted by molar-refractivity contribution is 5.85. The van der Waals surface area contributed by atoms with E-state index >= 15 is 0 Å². The van der Waals surface area contributed by atoms with E-state index in [4.69, 9.17) is 5.11 Å². The van der Waals surface area contributed by atoms with Gasteiger partial charge in [-0.1, -0.05) is 36.4 Å². The fourth-order valence-corrected chi connectivity index (χ4v) is 1.54. The fourth-order valence-electron chi connectivity index (χ4n) is 1.54. The van der Waals surface area contributed by atoms with Crippen molar-refractivity contribution in [2.75, 3.05) is 6.54 Å². The van der Waals surface area contributed by atoms with E-state index in [0.717, 1.165) is 6.42 Å². The van der Waals surface area contributed by atoms with Crippen molar-refractivity contribution < 1.29 is 9.90 Å². The van der Waals surface area contributed by atoms with Crippen molar-refractivity contribution in [3.8, 4) is 0 Å². The molecule has 17 heavy (non-hydrogen) atoms. The van der Waals surface area contributed by atoms with Gasteiger partial charge in [0.2, 0.25) is 0 Å². The molecule has 0 aliphatic carbocycles. The Kier molecular flexibility index (Phi) is 5.43. The number of carboxylic acids is 1. The lowest BCUT2D eigenvalue weighted by Gasteiger charge is -2.12. The number of aliphatic carboxylic acids is 1. The molecule has 1 aromatic carbocycles. The summed E-state index contributed by atoms with van der Waals surface area (Å²) in [4.78, 5) is 10.6. The van der Waals surface area contributed by atoms with Gasteiger partial charge in [0, 0.05) is 18.2 Å². The van der Waals surface area contributed by atoms with E-state index in [2.05, 4.69) is 24.4 Å². The first-order chi connectivity index (χ1) is 8.09. The Balaban J connectivity index is 2.34. The van der Waals surface area contributed by atoms with Crippen LogP contribution in [0.25, 0.3) is 0 Å². The third kappa shape index (κ3) is 5.31. The van der Waals surface area contributed by atoms with E-state index in [1.54, 1.807) is 13.0 Å². The minimum absolute atomic E-state index is 0.329. The summed E-state index contributed by atoms with van der Waals surface area (Å²) in [6.07, 6.45) is 2.64. The standard InChI is InChI=1S/C14H19NO2/c1-11(14(16)17)8-9-15-12(2)10-13-6-4-3-5-7-13/h3-8,12,15H,9-10H2,1-2H3,(H,16,17)/b11-8-. The minimum atomic E-state index is -0.859. The van der Waals surface area contributed by atoms with Gasteiger partial charge in [0.25, 0.3) is 0 Å². The molecule has 3 nitrogen and oxygen atoms in total. The molecule has 0 spiro atoms. The molecule has 92 valence electrons. The zero-order valence-corrected chi connectivity index (χ0v) is 10.3. The highest BCUT2D eigenvalue weighted by Gasteiger charge is 2.02. The monoisotopic (exact) mass is 233 g/mol. The second kappa shape index (κ2) is 6.86. The van der Waals surface area contributed by atoms with Crippen LogP contribution in [-0.4, -0.2) is 23.7 Å². The summed E-state index contributed by atoms with van der Waals surface area (Å²) in [6, 6.07) is 10.6. The molecule has 1 atom stereocenters. The van der Waals surface area contributed by atoms with Crippen molar-refractivity contribution in [1.29, 1.82) is 0 Å². The zero-order chi connectivity index (χ0) is 12.7. The summed E-state index contributed by atoms with van der Waals surface area (Å²) in [5.74, 6) is -0.859. The predicted molar refractivity (Wildman–Crippen MR) is 69.0 cm³/mol. The minimum Gasteiger partial charge on any atom is -0.478 e. The first-order valence-electron chi connectivity index (χ1n) is 5.77. The van der Waals surface area contributed by atoms with Crippen LogP contribution in [0.3, 0.4) is 0 Å². The number of carbonyl (C=O) groups is 1. The highest BCUT2D eigenvalue weighted by Crippen LogP contribution is 2.02. The van der Waals surface area contributed by atoms with Crippen LogP contribution in [0.4, 0.5) is 0 Å². The molecule has 0 saturated heterocycles. The predicted octanol–water partition coefficient (Wildman–Crippen LogP) is 2.24. The lowest BCUT2D eigenvalue weighted by molar-refractivity contribution is -0.132. The Morgan fingerprint density at radius 2 is 2.06 bits per heavy atom. The van der Waals surface area contributed by atoms with Crippen LogP contribution >= 0.6 is 0 Å². The number of nitrogens with one attached hydrogen (secondary N) is 1. The van der Waals surface area contributed by atoms with Crippen molar-refractivity contribution >= 4 is 5.97 Å². The van der Waals surface area contributed by atoms with Gasteiger partial charge in [0.1, 0.15) is 0 Å². The van der Waals surface area contributed by atoms with Gasteiger partial charge in [-0.2, -0.15) is 0 Å². The molecule has 0 bridgehead atoms. The topological polar surface area (TPSA) is 49.3 Å². The number of hydrogen-bond donors (Lipinski definition) is 2. The average Bonchev–Trinajstić information content (AvgIpc) is 2.30. The van der Waals surface area contributed by atoms with Crippen molar-refractivity contribution in [3.63, 3.8) is 0 Å². The largest absolute Gasteiger partial charge is 0.478 e. The third-order valence-corrected chi connectivity index (χ3v) is 2.60. The third-order valence-electron chi connectivity index (χ3n) is 2.60. The summed E-state index contributed by atoms with van der Waals surface area (Å²) in [7, 11) is 0. The van der Waals surface area contributed by atoms with Crippen LogP contribution in [0.5, 0.6) is 0 Å². The maximum absolute atomic E-state index is 10.6. The van der Waals surface area contributed by atoms with Crippen LogP contribution < -0.4 is 5.32 Å².